The fourth-order valence-electron chi connectivity index (χ4n) is 1.35. The molecule has 5 nitrogen and oxygen atoms in total. The number of urea groups is 1. The van der Waals surface area contributed by atoms with E-state index in [1.807, 2.05) is 17.5 Å². The Balaban J connectivity index is 1.60. The Morgan fingerprint density at radius 1 is 1.53 bits per heavy atom. The Kier molecular flexibility index (Phi) is 4.15. The highest BCUT2D eigenvalue weighted by Gasteiger charge is 2.01. The number of carbonyl (C=O) groups excluding carboxylic acids is 1. The van der Waals surface area contributed by atoms with Gasteiger partial charge in [-0.15, -0.1) is 11.3 Å². The molecular weight excluding hydrogens is 238 g/mol. The smallest absolute Gasteiger partial charge is 0.319 e. The fourth-order valence-corrected chi connectivity index (χ4v) is 1.96. The van der Waals surface area contributed by atoms with Gasteiger partial charge in [-0.05, 0) is 30.4 Å². The van der Waals surface area contributed by atoms with E-state index in [1.165, 1.54) is 11.3 Å². The maximum Gasteiger partial charge on any atom is 0.319 e. The highest BCUT2D eigenvalue weighted by atomic mass is 32.1. The molecule has 2 N–H and O–H groups in total. The molecule has 0 saturated heterocycles. The normalized spacial score (nSPS) is 10.1. The van der Waals surface area contributed by atoms with Gasteiger partial charge in [0.05, 0.1) is 11.2 Å². The SMILES string of the molecule is O=C(NCCCc1cnoc1)Nc1cccs1. The summed E-state index contributed by atoms with van der Waals surface area (Å²) in [6.45, 7) is 0.627. The lowest BCUT2D eigenvalue weighted by Crippen LogP contribution is -2.29. The Hall–Kier alpha value is -1.82. The number of aryl methyl sites for hydroxylation is 1. The number of nitrogens with one attached hydrogen (secondary N) is 2. The standard InChI is InChI=1S/C11H13N3O2S/c15-11(14-10-4-2-6-17-10)12-5-1-3-9-7-13-16-8-9/h2,4,6-8H,1,3,5H2,(H2,12,14,15). The topological polar surface area (TPSA) is 67.2 Å². The maximum absolute atomic E-state index is 11.4. The summed E-state index contributed by atoms with van der Waals surface area (Å²) in [5, 5.41) is 11.9. The summed E-state index contributed by atoms with van der Waals surface area (Å²) in [5.41, 5.74) is 1.05. The zero-order chi connectivity index (χ0) is 11.9. The van der Waals surface area contributed by atoms with Gasteiger partial charge in [-0.1, -0.05) is 5.16 Å². The predicted molar refractivity (Wildman–Crippen MR) is 66.2 cm³/mol. The highest BCUT2D eigenvalue weighted by molar-refractivity contribution is 7.14. The van der Waals surface area contributed by atoms with Crippen molar-refractivity contribution in [3.05, 3.63) is 35.5 Å². The molecule has 0 unspecified atom stereocenters. The number of amides is 2. The van der Waals surface area contributed by atoms with E-state index >= 15 is 0 Å². The van der Waals surface area contributed by atoms with Crippen LogP contribution >= 0.6 is 11.3 Å². The van der Waals surface area contributed by atoms with Gasteiger partial charge < -0.3 is 9.84 Å². The highest BCUT2D eigenvalue weighted by Crippen LogP contribution is 2.14. The first-order valence-corrected chi connectivity index (χ1v) is 6.19. The lowest BCUT2D eigenvalue weighted by atomic mass is 10.2. The number of anilines is 1. The largest absolute Gasteiger partial charge is 0.364 e. The third kappa shape index (κ3) is 3.92. The zero-order valence-corrected chi connectivity index (χ0v) is 10.00. The molecule has 0 spiro atoms. The average molecular weight is 251 g/mol. The van der Waals surface area contributed by atoms with E-state index in [2.05, 4.69) is 15.8 Å². The second kappa shape index (κ2) is 6.05. The van der Waals surface area contributed by atoms with Crippen LogP contribution in [0.4, 0.5) is 9.80 Å². The average Bonchev–Trinajstić information content (AvgIpc) is 2.96. The lowest BCUT2D eigenvalue weighted by molar-refractivity contribution is 0.252. The molecule has 6 heteroatoms. The molecule has 0 aromatic carbocycles. The summed E-state index contributed by atoms with van der Waals surface area (Å²) < 4.78 is 4.71. The van der Waals surface area contributed by atoms with Crippen LogP contribution in [0.15, 0.2) is 34.5 Å². The van der Waals surface area contributed by atoms with Gasteiger partial charge in [-0.2, -0.15) is 0 Å². The van der Waals surface area contributed by atoms with Crippen molar-refractivity contribution >= 4 is 22.4 Å². The fraction of sp³-hybridized carbons (Fsp3) is 0.273. The van der Waals surface area contributed by atoms with Gasteiger partial charge in [-0.3, -0.25) is 5.32 Å². The molecule has 0 aliphatic rings. The number of thiophene rings is 1. The Bertz CT molecular complexity index is 439. The number of aromatic nitrogens is 1. The van der Waals surface area contributed by atoms with Crippen LogP contribution in [-0.2, 0) is 6.42 Å². The van der Waals surface area contributed by atoms with E-state index in [1.54, 1.807) is 12.5 Å². The first kappa shape index (κ1) is 11.7. The Morgan fingerprint density at radius 2 is 2.47 bits per heavy atom. The maximum atomic E-state index is 11.4. The molecule has 90 valence electrons. The predicted octanol–water partition coefficient (Wildman–Crippen LogP) is 2.49. The molecule has 0 fully saturated rings. The molecule has 0 atom stereocenters. The molecule has 17 heavy (non-hydrogen) atoms. The lowest BCUT2D eigenvalue weighted by Gasteiger charge is -2.04. The van der Waals surface area contributed by atoms with Crippen molar-refractivity contribution in [2.75, 3.05) is 11.9 Å². The molecule has 0 radical (unpaired) electrons. The van der Waals surface area contributed by atoms with Gasteiger partial charge in [0, 0.05) is 12.1 Å². The van der Waals surface area contributed by atoms with Gasteiger partial charge >= 0.3 is 6.03 Å². The van der Waals surface area contributed by atoms with E-state index in [4.69, 9.17) is 4.52 Å². The summed E-state index contributed by atoms with van der Waals surface area (Å²) in [4.78, 5) is 11.4. The molecule has 0 saturated carbocycles. The minimum atomic E-state index is -0.169. The molecule has 2 aromatic heterocycles. The van der Waals surface area contributed by atoms with Crippen LogP contribution in [0.1, 0.15) is 12.0 Å². The zero-order valence-electron chi connectivity index (χ0n) is 9.18. The molecular formula is C11H13N3O2S. The van der Waals surface area contributed by atoms with Crippen LogP contribution in [-0.4, -0.2) is 17.7 Å². The van der Waals surface area contributed by atoms with Crippen LogP contribution < -0.4 is 10.6 Å². The molecule has 2 heterocycles. The van der Waals surface area contributed by atoms with Gasteiger partial charge in [0.25, 0.3) is 0 Å². The van der Waals surface area contributed by atoms with E-state index in [-0.39, 0.29) is 6.03 Å². The van der Waals surface area contributed by atoms with E-state index in [0.29, 0.717) is 6.54 Å². The Morgan fingerprint density at radius 3 is 3.18 bits per heavy atom. The molecule has 2 rings (SSSR count). The number of carbonyl (C=O) groups is 1. The van der Waals surface area contributed by atoms with Gasteiger partial charge in [0.2, 0.25) is 0 Å². The molecule has 0 aliphatic heterocycles. The second-order valence-electron chi connectivity index (χ2n) is 3.49. The summed E-state index contributed by atoms with van der Waals surface area (Å²) in [6.07, 6.45) is 5.01. The van der Waals surface area contributed by atoms with Crippen molar-refractivity contribution < 1.29 is 9.32 Å². The number of hydrogen-bond acceptors (Lipinski definition) is 4. The first-order valence-electron chi connectivity index (χ1n) is 5.31. The summed E-state index contributed by atoms with van der Waals surface area (Å²) >= 11 is 1.50. The van der Waals surface area contributed by atoms with Crippen LogP contribution in [0.2, 0.25) is 0 Å². The monoisotopic (exact) mass is 251 g/mol. The van der Waals surface area contributed by atoms with Crippen LogP contribution in [0.3, 0.4) is 0 Å². The van der Waals surface area contributed by atoms with Crippen molar-refractivity contribution in [1.29, 1.82) is 0 Å². The van der Waals surface area contributed by atoms with Crippen molar-refractivity contribution in [3.8, 4) is 0 Å². The van der Waals surface area contributed by atoms with E-state index in [0.717, 1.165) is 23.4 Å². The molecule has 0 aliphatic carbocycles. The second-order valence-corrected chi connectivity index (χ2v) is 4.44. The summed E-state index contributed by atoms with van der Waals surface area (Å²) in [7, 11) is 0. The van der Waals surface area contributed by atoms with Crippen LogP contribution in [0.5, 0.6) is 0 Å². The van der Waals surface area contributed by atoms with Crippen LogP contribution in [0, 0.1) is 0 Å². The minimum Gasteiger partial charge on any atom is -0.364 e. The molecule has 2 amide bonds. The Labute approximate surface area is 103 Å². The number of hydrogen-bond donors (Lipinski definition) is 2. The minimum absolute atomic E-state index is 0.169. The molecule has 2 aromatic rings. The van der Waals surface area contributed by atoms with Crippen molar-refractivity contribution in [1.82, 2.24) is 10.5 Å². The van der Waals surface area contributed by atoms with Gasteiger partial charge in [-0.25, -0.2) is 4.79 Å². The van der Waals surface area contributed by atoms with Gasteiger partial charge in [0.1, 0.15) is 6.26 Å². The van der Waals surface area contributed by atoms with Crippen molar-refractivity contribution in [2.45, 2.75) is 12.8 Å². The third-order valence-electron chi connectivity index (χ3n) is 2.17. The van der Waals surface area contributed by atoms with Crippen molar-refractivity contribution in [2.24, 2.45) is 0 Å². The van der Waals surface area contributed by atoms with E-state index < -0.39 is 0 Å². The summed E-state index contributed by atoms with van der Waals surface area (Å²) in [6, 6.07) is 3.59. The summed E-state index contributed by atoms with van der Waals surface area (Å²) in [5.74, 6) is 0. The van der Waals surface area contributed by atoms with E-state index in [9.17, 15) is 4.79 Å². The van der Waals surface area contributed by atoms with Crippen LogP contribution in [0.25, 0.3) is 0 Å². The number of rotatable bonds is 5. The van der Waals surface area contributed by atoms with Gasteiger partial charge in [0.15, 0.2) is 0 Å². The first-order chi connectivity index (χ1) is 8.34. The number of nitrogens with zero attached hydrogens (tertiary/aromatic N) is 1. The quantitative estimate of drug-likeness (QED) is 0.802. The molecule has 0 bridgehead atoms. The van der Waals surface area contributed by atoms with Crippen molar-refractivity contribution in [3.63, 3.8) is 0 Å². The third-order valence-corrected chi connectivity index (χ3v) is 2.95.